The molecule has 1 aliphatic heterocycles. The van der Waals surface area contributed by atoms with Gasteiger partial charge >= 0.3 is 5.97 Å². The van der Waals surface area contributed by atoms with Crippen molar-refractivity contribution >= 4 is 23.3 Å². The zero-order chi connectivity index (χ0) is 18.5. The Morgan fingerprint density at radius 3 is 2.42 bits per heavy atom. The van der Waals surface area contributed by atoms with Crippen molar-refractivity contribution in [3.63, 3.8) is 0 Å². The van der Waals surface area contributed by atoms with Crippen LogP contribution in [0.25, 0.3) is 0 Å². The van der Waals surface area contributed by atoms with E-state index in [-0.39, 0.29) is 11.9 Å². The van der Waals surface area contributed by atoms with E-state index in [0.29, 0.717) is 17.0 Å². The standard InChI is InChI=1S/C20H23N3O3/c1-14-7-9-23(10-8-14)19(24)16-11-18(13-21-12-16)22-17-5-3-15(4-6-17)20(25)26-2/h3-6,11-14,22H,7-10H2,1-2H3. The van der Waals surface area contributed by atoms with Gasteiger partial charge < -0.3 is 15.0 Å². The van der Waals surface area contributed by atoms with Crippen LogP contribution in [0, 0.1) is 5.92 Å². The predicted molar refractivity (Wildman–Crippen MR) is 99.6 cm³/mol. The van der Waals surface area contributed by atoms with E-state index in [4.69, 9.17) is 0 Å². The summed E-state index contributed by atoms with van der Waals surface area (Å²) in [6.07, 6.45) is 5.36. The Hall–Kier alpha value is -2.89. The van der Waals surface area contributed by atoms with Crippen LogP contribution in [0.2, 0.25) is 0 Å². The Kier molecular flexibility index (Phi) is 5.51. The van der Waals surface area contributed by atoms with Crippen LogP contribution in [0.1, 0.15) is 40.5 Å². The molecule has 1 N–H and O–H groups in total. The number of nitrogens with zero attached hydrogens (tertiary/aromatic N) is 2. The zero-order valence-corrected chi connectivity index (χ0v) is 15.1. The van der Waals surface area contributed by atoms with Crippen molar-refractivity contribution in [1.82, 2.24) is 9.88 Å². The normalized spacial score (nSPS) is 14.8. The summed E-state index contributed by atoms with van der Waals surface area (Å²) in [6.45, 7) is 3.82. The largest absolute Gasteiger partial charge is 0.465 e. The second-order valence-electron chi connectivity index (χ2n) is 6.63. The average Bonchev–Trinajstić information content (AvgIpc) is 2.68. The topological polar surface area (TPSA) is 71.5 Å². The van der Waals surface area contributed by atoms with Gasteiger partial charge in [0.15, 0.2) is 0 Å². The number of amides is 1. The first-order valence-corrected chi connectivity index (χ1v) is 8.76. The first-order valence-electron chi connectivity index (χ1n) is 8.76. The molecule has 0 saturated carbocycles. The molecule has 1 fully saturated rings. The summed E-state index contributed by atoms with van der Waals surface area (Å²) in [4.78, 5) is 30.2. The summed E-state index contributed by atoms with van der Waals surface area (Å²) < 4.78 is 4.69. The molecule has 136 valence electrons. The third-order valence-corrected chi connectivity index (χ3v) is 4.65. The number of nitrogens with one attached hydrogen (secondary N) is 1. The monoisotopic (exact) mass is 353 g/mol. The second-order valence-corrected chi connectivity index (χ2v) is 6.63. The van der Waals surface area contributed by atoms with Crippen molar-refractivity contribution in [2.75, 3.05) is 25.5 Å². The maximum atomic E-state index is 12.7. The van der Waals surface area contributed by atoms with Gasteiger partial charge in [-0.1, -0.05) is 6.92 Å². The van der Waals surface area contributed by atoms with Gasteiger partial charge in [0, 0.05) is 25.0 Å². The molecule has 0 aliphatic carbocycles. The summed E-state index contributed by atoms with van der Waals surface area (Å²) >= 11 is 0. The molecule has 0 radical (unpaired) electrons. The second kappa shape index (κ2) is 7.99. The lowest BCUT2D eigenvalue weighted by Gasteiger charge is -2.30. The lowest BCUT2D eigenvalue weighted by molar-refractivity contribution is 0.0600. The fourth-order valence-corrected chi connectivity index (χ4v) is 2.99. The maximum Gasteiger partial charge on any atom is 0.337 e. The van der Waals surface area contributed by atoms with Gasteiger partial charge in [-0.3, -0.25) is 9.78 Å². The number of piperidine rings is 1. The third-order valence-electron chi connectivity index (χ3n) is 4.65. The Balaban J connectivity index is 1.69. The molecule has 1 amide bonds. The first kappa shape index (κ1) is 17.9. The van der Waals surface area contributed by atoms with E-state index in [2.05, 4.69) is 22.0 Å². The number of ether oxygens (including phenoxy) is 1. The van der Waals surface area contributed by atoms with Crippen molar-refractivity contribution in [1.29, 1.82) is 0 Å². The summed E-state index contributed by atoms with van der Waals surface area (Å²) in [6, 6.07) is 8.75. The highest BCUT2D eigenvalue weighted by atomic mass is 16.5. The highest BCUT2D eigenvalue weighted by molar-refractivity contribution is 5.95. The van der Waals surface area contributed by atoms with E-state index in [1.54, 1.807) is 36.7 Å². The van der Waals surface area contributed by atoms with Crippen LogP contribution in [0.15, 0.2) is 42.7 Å². The van der Waals surface area contributed by atoms with Crippen LogP contribution >= 0.6 is 0 Å². The molecular formula is C20H23N3O3. The number of rotatable bonds is 4. The number of hydrogen-bond acceptors (Lipinski definition) is 5. The van der Waals surface area contributed by atoms with E-state index in [1.807, 2.05) is 11.0 Å². The number of benzene rings is 1. The molecule has 1 aliphatic rings. The quantitative estimate of drug-likeness (QED) is 0.852. The minimum absolute atomic E-state index is 0.0223. The van der Waals surface area contributed by atoms with E-state index in [1.165, 1.54) is 7.11 Å². The number of carbonyl (C=O) groups is 2. The molecule has 2 aromatic rings. The minimum Gasteiger partial charge on any atom is -0.465 e. The molecule has 0 unspecified atom stereocenters. The Morgan fingerprint density at radius 2 is 1.77 bits per heavy atom. The lowest BCUT2D eigenvalue weighted by Crippen LogP contribution is -2.37. The molecule has 1 saturated heterocycles. The van der Waals surface area contributed by atoms with Crippen LogP contribution < -0.4 is 5.32 Å². The number of aromatic nitrogens is 1. The average molecular weight is 353 g/mol. The number of methoxy groups -OCH3 is 1. The van der Waals surface area contributed by atoms with Gasteiger partial charge in [0.05, 0.1) is 30.1 Å². The van der Waals surface area contributed by atoms with Crippen molar-refractivity contribution in [2.45, 2.75) is 19.8 Å². The van der Waals surface area contributed by atoms with Crippen LogP contribution in [0.5, 0.6) is 0 Å². The van der Waals surface area contributed by atoms with Crippen LogP contribution in [-0.2, 0) is 4.74 Å². The summed E-state index contributed by atoms with van der Waals surface area (Å²) in [5.74, 6) is 0.328. The smallest absolute Gasteiger partial charge is 0.337 e. The highest BCUT2D eigenvalue weighted by Crippen LogP contribution is 2.21. The van der Waals surface area contributed by atoms with Crippen molar-refractivity contribution < 1.29 is 14.3 Å². The fraction of sp³-hybridized carbons (Fsp3) is 0.350. The molecule has 0 spiro atoms. The van der Waals surface area contributed by atoms with Crippen LogP contribution in [-0.4, -0.2) is 42.0 Å². The van der Waals surface area contributed by atoms with E-state index in [0.717, 1.165) is 37.3 Å². The maximum absolute atomic E-state index is 12.7. The van der Waals surface area contributed by atoms with Gasteiger partial charge in [0.2, 0.25) is 0 Å². The SMILES string of the molecule is COC(=O)c1ccc(Nc2cncc(C(=O)N3CCC(C)CC3)c2)cc1. The van der Waals surface area contributed by atoms with Crippen molar-refractivity contribution in [2.24, 2.45) is 5.92 Å². The Bertz CT molecular complexity index is 781. The molecule has 2 heterocycles. The van der Waals surface area contributed by atoms with Crippen molar-refractivity contribution in [3.05, 3.63) is 53.9 Å². The minimum atomic E-state index is -0.373. The van der Waals surface area contributed by atoms with E-state index < -0.39 is 0 Å². The summed E-state index contributed by atoms with van der Waals surface area (Å²) in [5, 5.41) is 3.21. The molecular weight excluding hydrogens is 330 g/mol. The van der Waals surface area contributed by atoms with Gasteiger partial charge in [-0.05, 0) is 49.1 Å². The fourth-order valence-electron chi connectivity index (χ4n) is 2.99. The van der Waals surface area contributed by atoms with E-state index >= 15 is 0 Å². The molecule has 6 heteroatoms. The van der Waals surface area contributed by atoms with E-state index in [9.17, 15) is 9.59 Å². The summed E-state index contributed by atoms with van der Waals surface area (Å²) in [5.41, 5.74) is 2.60. The molecule has 0 bridgehead atoms. The van der Waals surface area contributed by atoms with Gasteiger partial charge in [-0.15, -0.1) is 0 Å². The Labute approximate surface area is 153 Å². The zero-order valence-electron chi connectivity index (χ0n) is 15.1. The number of hydrogen-bond donors (Lipinski definition) is 1. The van der Waals surface area contributed by atoms with Gasteiger partial charge in [0.1, 0.15) is 0 Å². The molecule has 26 heavy (non-hydrogen) atoms. The lowest BCUT2D eigenvalue weighted by atomic mass is 9.99. The van der Waals surface area contributed by atoms with Crippen molar-refractivity contribution in [3.8, 4) is 0 Å². The van der Waals surface area contributed by atoms with Gasteiger partial charge in [-0.2, -0.15) is 0 Å². The number of pyridine rings is 1. The summed E-state index contributed by atoms with van der Waals surface area (Å²) in [7, 11) is 1.35. The third kappa shape index (κ3) is 4.20. The Morgan fingerprint density at radius 1 is 1.08 bits per heavy atom. The number of anilines is 2. The predicted octanol–water partition coefficient (Wildman–Crippen LogP) is 3.48. The number of likely N-dealkylation sites (tertiary alicyclic amines) is 1. The van der Waals surface area contributed by atoms with Gasteiger partial charge in [0.25, 0.3) is 5.91 Å². The molecule has 0 atom stereocenters. The molecule has 3 rings (SSSR count). The molecule has 1 aromatic carbocycles. The number of esters is 1. The number of carbonyl (C=O) groups excluding carboxylic acids is 2. The molecule has 1 aromatic heterocycles. The van der Waals surface area contributed by atoms with Crippen LogP contribution in [0.4, 0.5) is 11.4 Å². The first-order chi connectivity index (χ1) is 12.6. The van der Waals surface area contributed by atoms with Gasteiger partial charge in [-0.25, -0.2) is 4.79 Å². The molecule has 6 nitrogen and oxygen atoms in total. The highest BCUT2D eigenvalue weighted by Gasteiger charge is 2.21. The van der Waals surface area contributed by atoms with Crippen LogP contribution in [0.3, 0.4) is 0 Å².